The van der Waals surface area contributed by atoms with Crippen molar-refractivity contribution in [1.29, 1.82) is 0 Å². The van der Waals surface area contributed by atoms with Crippen molar-refractivity contribution in [2.75, 3.05) is 7.11 Å². The van der Waals surface area contributed by atoms with E-state index in [2.05, 4.69) is 0 Å². The Labute approximate surface area is 107 Å². The van der Waals surface area contributed by atoms with Gasteiger partial charge >= 0.3 is 5.97 Å². The first-order valence-electron chi connectivity index (χ1n) is 6.56. The van der Waals surface area contributed by atoms with Gasteiger partial charge in [0.05, 0.1) is 12.7 Å². The molecule has 1 saturated heterocycles. The van der Waals surface area contributed by atoms with E-state index in [-0.39, 0.29) is 18.2 Å². The van der Waals surface area contributed by atoms with Crippen LogP contribution in [0.5, 0.6) is 0 Å². The molecule has 2 fully saturated rings. The summed E-state index contributed by atoms with van der Waals surface area (Å²) in [5.74, 6) is -0.738. The van der Waals surface area contributed by atoms with Gasteiger partial charge < -0.3 is 14.2 Å². The molecule has 0 aromatic heterocycles. The van der Waals surface area contributed by atoms with Gasteiger partial charge in [0.15, 0.2) is 5.79 Å². The van der Waals surface area contributed by atoms with Gasteiger partial charge in [-0.1, -0.05) is 12.5 Å². The van der Waals surface area contributed by atoms with Gasteiger partial charge in [0.1, 0.15) is 12.2 Å². The minimum absolute atomic E-state index is 0.0588. The van der Waals surface area contributed by atoms with Gasteiger partial charge in [-0.05, 0) is 25.0 Å². The van der Waals surface area contributed by atoms with Crippen molar-refractivity contribution in [2.45, 2.75) is 50.1 Å². The summed E-state index contributed by atoms with van der Waals surface area (Å²) < 4.78 is 16.8. The average Bonchev–Trinajstić information content (AvgIpc) is 2.74. The molecule has 2 atom stereocenters. The van der Waals surface area contributed by atoms with Crippen molar-refractivity contribution in [3.63, 3.8) is 0 Å². The molecule has 0 aromatic rings. The zero-order valence-electron chi connectivity index (χ0n) is 10.6. The topological polar surface area (TPSA) is 44.8 Å². The van der Waals surface area contributed by atoms with Crippen LogP contribution in [-0.4, -0.2) is 31.1 Å². The van der Waals surface area contributed by atoms with Crippen molar-refractivity contribution in [3.05, 3.63) is 23.8 Å². The maximum atomic E-state index is 11.5. The van der Waals surface area contributed by atoms with Crippen LogP contribution in [0, 0.1) is 0 Å². The fourth-order valence-electron chi connectivity index (χ4n) is 2.95. The summed E-state index contributed by atoms with van der Waals surface area (Å²) in [5.41, 5.74) is 0.551. The van der Waals surface area contributed by atoms with Gasteiger partial charge in [0.2, 0.25) is 0 Å². The lowest BCUT2D eigenvalue weighted by atomic mass is 9.94. The van der Waals surface area contributed by atoms with Crippen molar-refractivity contribution in [2.24, 2.45) is 0 Å². The van der Waals surface area contributed by atoms with Crippen LogP contribution in [0.15, 0.2) is 23.8 Å². The van der Waals surface area contributed by atoms with E-state index in [4.69, 9.17) is 14.2 Å². The van der Waals surface area contributed by atoms with Crippen molar-refractivity contribution >= 4 is 5.97 Å². The second kappa shape index (κ2) is 4.52. The van der Waals surface area contributed by atoms with Crippen molar-refractivity contribution in [1.82, 2.24) is 0 Å². The number of ether oxygens (including phenoxy) is 3. The summed E-state index contributed by atoms with van der Waals surface area (Å²) in [4.78, 5) is 11.5. The lowest BCUT2D eigenvalue weighted by molar-refractivity contribution is -0.187. The number of methoxy groups -OCH3 is 1. The van der Waals surface area contributed by atoms with Crippen LogP contribution in [0.3, 0.4) is 0 Å². The molecule has 0 bridgehead atoms. The normalized spacial score (nSPS) is 33.1. The summed E-state index contributed by atoms with van der Waals surface area (Å²) in [6.45, 7) is 0. The molecule has 3 aliphatic rings. The summed E-state index contributed by atoms with van der Waals surface area (Å²) in [7, 11) is 1.39. The van der Waals surface area contributed by atoms with E-state index in [1.54, 1.807) is 6.08 Å². The van der Waals surface area contributed by atoms with Crippen LogP contribution in [0.4, 0.5) is 0 Å². The highest BCUT2D eigenvalue weighted by Gasteiger charge is 2.47. The Balaban J connectivity index is 1.76. The van der Waals surface area contributed by atoms with Gasteiger partial charge in [-0.25, -0.2) is 4.79 Å². The molecule has 1 aliphatic heterocycles. The first kappa shape index (κ1) is 11.9. The average molecular weight is 250 g/mol. The summed E-state index contributed by atoms with van der Waals surface area (Å²) in [6, 6.07) is 0. The molecule has 18 heavy (non-hydrogen) atoms. The van der Waals surface area contributed by atoms with E-state index < -0.39 is 5.79 Å². The SMILES string of the molecule is COC(=O)C1=C[C@@H]2OC3(CCCCC3)O[C@@H]2C=C1. The molecular formula is C14H18O4. The van der Waals surface area contributed by atoms with Gasteiger partial charge in [-0.2, -0.15) is 0 Å². The largest absolute Gasteiger partial charge is 0.465 e. The lowest BCUT2D eigenvalue weighted by Crippen LogP contribution is -2.33. The molecule has 0 radical (unpaired) electrons. The molecule has 1 heterocycles. The van der Waals surface area contributed by atoms with E-state index in [9.17, 15) is 4.79 Å². The second-order valence-electron chi connectivity index (χ2n) is 5.11. The molecule has 1 saturated carbocycles. The Hall–Kier alpha value is -1.13. The molecule has 0 unspecified atom stereocenters. The van der Waals surface area contributed by atoms with Crippen LogP contribution in [0.1, 0.15) is 32.1 Å². The van der Waals surface area contributed by atoms with Crippen LogP contribution in [0.25, 0.3) is 0 Å². The highest BCUT2D eigenvalue weighted by molar-refractivity contribution is 5.91. The predicted molar refractivity (Wildman–Crippen MR) is 64.8 cm³/mol. The first-order chi connectivity index (χ1) is 8.72. The highest BCUT2D eigenvalue weighted by atomic mass is 16.8. The molecule has 0 aromatic carbocycles. The Morgan fingerprint density at radius 1 is 1.28 bits per heavy atom. The first-order valence-corrected chi connectivity index (χ1v) is 6.56. The van der Waals surface area contributed by atoms with Crippen LogP contribution in [-0.2, 0) is 19.0 Å². The zero-order valence-corrected chi connectivity index (χ0v) is 10.6. The number of esters is 1. The Morgan fingerprint density at radius 2 is 2.00 bits per heavy atom. The maximum absolute atomic E-state index is 11.5. The molecule has 0 N–H and O–H groups in total. The third kappa shape index (κ3) is 1.99. The minimum Gasteiger partial charge on any atom is -0.465 e. The molecule has 1 spiro atoms. The molecule has 4 nitrogen and oxygen atoms in total. The van der Waals surface area contributed by atoms with Gasteiger partial charge in [0.25, 0.3) is 0 Å². The summed E-state index contributed by atoms with van der Waals surface area (Å²) in [6.07, 6.45) is 10.7. The summed E-state index contributed by atoms with van der Waals surface area (Å²) in [5, 5.41) is 0. The smallest absolute Gasteiger partial charge is 0.337 e. The predicted octanol–water partition coefficient (Wildman–Crippen LogP) is 2.10. The fourth-order valence-corrected chi connectivity index (χ4v) is 2.95. The molecule has 98 valence electrons. The third-order valence-corrected chi connectivity index (χ3v) is 3.87. The molecule has 4 heteroatoms. The summed E-state index contributed by atoms with van der Waals surface area (Å²) >= 11 is 0. The number of rotatable bonds is 1. The van der Waals surface area contributed by atoms with Gasteiger partial charge in [-0.15, -0.1) is 0 Å². The molecule has 0 amide bonds. The van der Waals surface area contributed by atoms with E-state index >= 15 is 0 Å². The Kier molecular flexibility index (Phi) is 2.99. The molecule has 3 rings (SSSR count). The number of carbonyl (C=O) groups is 1. The Morgan fingerprint density at radius 3 is 2.72 bits per heavy atom. The van der Waals surface area contributed by atoms with E-state index in [0.717, 1.165) is 25.7 Å². The van der Waals surface area contributed by atoms with Crippen LogP contribution >= 0.6 is 0 Å². The standard InChI is InChI=1S/C14H18O4/c1-16-13(15)10-5-6-11-12(9-10)18-14(17-11)7-3-2-4-8-14/h5-6,9,11-12H,2-4,7-8H2,1H3/t11-,12+/m1/s1. The third-order valence-electron chi connectivity index (χ3n) is 3.87. The lowest BCUT2D eigenvalue weighted by Gasteiger charge is -2.31. The minimum atomic E-state index is -0.417. The van der Waals surface area contributed by atoms with Crippen molar-refractivity contribution in [3.8, 4) is 0 Å². The maximum Gasteiger partial charge on any atom is 0.337 e. The van der Waals surface area contributed by atoms with Crippen LogP contribution in [0.2, 0.25) is 0 Å². The second-order valence-corrected chi connectivity index (χ2v) is 5.11. The molecule has 2 aliphatic carbocycles. The van der Waals surface area contributed by atoms with Gasteiger partial charge in [0, 0.05) is 12.8 Å². The number of fused-ring (bicyclic) bond motifs is 1. The van der Waals surface area contributed by atoms with E-state index in [1.807, 2.05) is 12.2 Å². The zero-order chi connectivity index (χ0) is 12.6. The van der Waals surface area contributed by atoms with Gasteiger partial charge in [-0.3, -0.25) is 0 Å². The fraction of sp³-hybridized carbons (Fsp3) is 0.643. The van der Waals surface area contributed by atoms with Crippen LogP contribution < -0.4 is 0 Å². The Bertz CT molecular complexity index is 404. The number of hydrogen-bond acceptors (Lipinski definition) is 4. The molecular weight excluding hydrogens is 232 g/mol. The monoisotopic (exact) mass is 250 g/mol. The van der Waals surface area contributed by atoms with E-state index in [0.29, 0.717) is 5.57 Å². The van der Waals surface area contributed by atoms with E-state index in [1.165, 1.54) is 13.5 Å². The number of hydrogen-bond donors (Lipinski definition) is 0. The van der Waals surface area contributed by atoms with Crippen molar-refractivity contribution < 1.29 is 19.0 Å². The quantitative estimate of drug-likeness (QED) is 0.668. The highest BCUT2D eigenvalue weighted by Crippen LogP contribution is 2.42. The number of carbonyl (C=O) groups excluding carboxylic acids is 1.